The van der Waals surface area contributed by atoms with Crippen LogP contribution in [0.25, 0.3) is 11.6 Å². The number of hydrogen-bond acceptors (Lipinski definition) is 1. The Morgan fingerprint density at radius 2 is 1.86 bits per heavy atom. The van der Waals surface area contributed by atoms with E-state index < -0.39 is 0 Å². The van der Waals surface area contributed by atoms with Gasteiger partial charge >= 0.3 is 0 Å². The average Bonchev–Trinajstić information content (AvgIpc) is 2.48. The SMILES string of the molecule is CC(=Cc1ccccc1)c1ccc2c(c1)C(C)(C)CCO2. The van der Waals surface area contributed by atoms with Crippen LogP contribution in [0.5, 0.6) is 5.75 Å². The lowest BCUT2D eigenvalue weighted by Gasteiger charge is -2.32. The molecule has 1 heteroatoms. The van der Waals surface area contributed by atoms with Gasteiger partial charge in [-0.1, -0.05) is 56.3 Å². The van der Waals surface area contributed by atoms with E-state index in [2.05, 4.69) is 69.3 Å². The Hall–Kier alpha value is -2.02. The number of allylic oxidation sites excluding steroid dienone is 1. The molecule has 0 amide bonds. The molecule has 0 radical (unpaired) electrons. The van der Waals surface area contributed by atoms with Crippen LogP contribution in [0, 0.1) is 0 Å². The molecule has 0 saturated carbocycles. The van der Waals surface area contributed by atoms with Gasteiger partial charge in [-0.25, -0.2) is 0 Å². The van der Waals surface area contributed by atoms with Crippen molar-refractivity contribution < 1.29 is 4.74 Å². The highest BCUT2D eigenvalue weighted by atomic mass is 16.5. The molecular formula is C20H22O. The number of ether oxygens (including phenoxy) is 1. The fraction of sp³-hybridized carbons (Fsp3) is 0.300. The van der Waals surface area contributed by atoms with Crippen LogP contribution in [0.4, 0.5) is 0 Å². The zero-order chi connectivity index (χ0) is 14.9. The first-order valence-corrected chi connectivity index (χ1v) is 7.57. The zero-order valence-electron chi connectivity index (χ0n) is 13.0. The molecule has 1 nitrogen and oxygen atoms in total. The standard InChI is InChI=1S/C20H22O/c1-15(13-16-7-5-4-6-8-16)17-9-10-19-18(14-17)20(2,3)11-12-21-19/h4-10,13-14H,11-12H2,1-3H3. The van der Waals surface area contributed by atoms with Crippen molar-refractivity contribution in [3.8, 4) is 5.75 Å². The van der Waals surface area contributed by atoms with Crippen LogP contribution in [-0.2, 0) is 5.41 Å². The van der Waals surface area contributed by atoms with Crippen LogP contribution >= 0.6 is 0 Å². The molecule has 2 aromatic carbocycles. The van der Waals surface area contributed by atoms with Crippen molar-refractivity contribution in [1.29, 1.82) is 0 Å². The van der Waals surface area contributed by atoms with Crippen molar-refractivity contribution in [2.24, 2.45) is 0 Å². The molecule has 2 aromatic rings. The third-order valence-electron chi connectivity index (χ3n) is 4.33. The van der Waals surface area contributed by atoms with Gasteiger partial charge in [0.05, 0.1) is 6.61 Å². The lowest BCUT2D eigenvalue weighted by molar-refractivity contribution is 0.234. The summed E-state index contributed by atoms with van der Waals surface area (Å²) in [5, 5.41) is 0. The summed E-state index contributed by atoms with van der Waals surface area (Å²) in [6.45, 7) is 7.59. The van der Waals surface area contributed by atoms with E-state index in [1.807, 2.05) is 6.07 Å². The lowest BCUT2D eigenvalue weighted by atomic mass is 9.79. The maximum absolute atomic E-state index is 5.79. The van der Waals surface area contributed by atoms with Crippen molar-refractivity contribution in [2.75, 3.05) is 6.61 Å². The largest absolute Gasteiger partial charge is 0.493 e. The summed E-state index contributed by atoms with van der Waals surface area (Å²) in [4.78, 5) is 0. The minimum Gasteiger partial charge on any atom is -0.493 e. The minimum absolute atomic E-state index is 0.191. The van der Waals surface area contributed by atoms with Gasteiger partial charge in [-0.2, -0.15) is 0 Å². The van der Waals surface area contributed by atoms with E-state index in [1.54, 1.807) is 0 Å². The van der Waals surface area contributed by atoms with Crippen molar-refractivity contribution in [2.45, 2.75) is 32.6 Å². The third kappa shape index (κ3) is 2.87. The number of fused-ring (bicyclic) bond motifs is 1. The van der Waals surface area contributed by atoms with Gasteiger partial charge < -0.3 is 4.74 Å². The fourth-order valence-corrected chi connectivity index (χ4v) is 2.86. The second kappa shape index (κ2) is 5.40. The van der Waals surface area contributed by atoms with Crippen molar-refractivity contribution in [3.05, 3.63) is 65.2 Å². The van der Waals surface area contributed by atoms with E-state index in [1.165, 1.54) is 22.3 Å². The minimum atomic E-state index is 0.191. The van der Waals surface area contributed by atoms with Gasteiger partial charge in [0.15, 0.2) is 0 Å². The molecule has 0 N–H and O–H groups in total. The molecule has 1 aliphatic rings. The predicted molar refractivity (Wildman–Crippen MR) is 89.6 cm³/mol. The summed E-state index contributed by atoms with van der Waals surface area (Å²) in [6.07, 6.45) is 3.31. The van der Waals surface area contributed by atoms with Crippen molar-refractivity contribution in [1.82, 2.24) is 0 Å². The van der Waals surface area contributed by atoms with Gasteiger partial charge in [-0.3, -0.25) is 0 Å². The Bertz CT molecular complexity index is 665. The van der Waals surface area contributed by atoms with E-state index >= 15 is 0 Å². The summed E-state index contributed by atoms with van der Waals surface area (Å²) in [6, 6.07) is 17.0. The highest BCUT2D eigenvalue weighted by Crippen LogP contribution is 2.39. The normalized spacial score (nSPS) is 17.0. The summed E-state index contributed by atoms with van der Waals surface area (Å²) < 4.78 is 5.79. The van der Waals surface area contributed by atoms with E-state index in [4.69, 9.17) is 4.74 Å². The maximum Gasteiger partial charge on any atom is 0.123 e. The molecule has 0 aliphatic carbocycles. The van der Waals surface area contributed by atoms with Gasteiger partial charge in [0.2, 0.25) is 0 Å². The second-order valence-electron chi connectivity index (χ2n) is 6.43. The molecule has 0 aromatic heterocycles. The number of rotatable bonds is 2. The monoisotopic (exact) mass is 278 g/mol. The highest BCUT2D eigenvalue weighted by Gasteiger charge is 2.28. The number of benzene rings is 2. The second-order valence-corrected chi connectivity index (χ2v) is 6.43. The third-order valence-corrected chi connectivity index (χ3v) is 4.33. The molecule has 0 unspecified atom stereocenters. The Morgan fingerprint density at radius 3 is 2.62 bits per heavy atom. The lowest BCUT2D eigenvalue weighted by Crippen LogP contribution is -2.26. The van der Waals surface area contributed by atoms with Gasteiger partial charge in [0.1, 0.15) is 5.75 Å². The zero-order valence-corrected chi connectivity index (χ0v) is 13.0. The molecule has 0 fully saturated rings. The molecular weight excluding hydrogens is 256 g/mol. The van der Waals surface area contributed by atoms with E-state index in [0.717, 1.165) is 18.8 Å². The maximum atomic E-state index is 5.79. The van der Waals surface area contributed by atoms with Crippen molar-refractivity contribution in [3.63, 3.8) is 0 Å². The quantitative estimate of drug-likeness (QED) is 0.677. The van der Waals surface area contributed by atoms with Crippen LogP contribution in [0.2, 0.25) is 0 Å². The van der Waals surface area contributed by atoms with E-state index in [9.17, 15) is 0 Å². The first-order valence-electron chi connectivity index (χ1n) is 7.57. The van der Waals surface area contributed by atoms with Gasteiger partial charge in [-0.05, 0) is 47.6 Å². The van der Waals surface area contributed by atoms with Gasteiger partial charge in [0.25, 0.3) is 0 Å². The van der Waals surface area contributed by atoms with Gasteiger partial charge in [0, 0.05) is 5.56 Å². The number of hydrogen-bond donors (Lipinski definition) is 0. The Labute approximate surface area is 127 Å². The first-order chi connectivity index (χ1) is 10.1. The van der Waals surface area contributed by atoms with E-state index in [0.29, 0.717) is 0 Å². The van der Waals surface area contributed by atoms with Gasteiger partial charge in [-0.15, -0.1) is 0 Å². The van der Waals surface area contributed by atoms with Crippen LogP contribution in [0.15, 0.2) is 48.5 Å². The van der Waals surface area contributed by atoms with Crippen LogP contribution in [0.1, 0.15) is 43.9 Å². The smallest absolute Gasteiger partial charge is 0.123 e. The molecule has 0 spiro atoms. The average molecular weight is 278 g/mol. The topological polar surface area (TPSA) is 9.23 Å². The molecule has 0 saturated heterocycles. The predicted octanol–water partition coefficient (Wildman–Crippen LogP) is 5.31. The first kappa shape index (κ1) is 13.9. The Balaban J connectivity index is 1.99. The summed E-state index contributed by atoms with van der Waals surface area (Å²) in [7, 11) is 0. The Kier molecular flexibility index (Phi) is 3.59. The summed E-state index contributed by atoms with van der Waals surface area (Å²) in [5.41, 5.74) is 5.31. The van der Waals surface area contributed by atoms with Crippen LogP contribution < -0.4 is 4.74 Å². The molecule has 108 valence electrons. The molecule has 21 heavy (non-hydrogen) atoms. The summed E-state index contributed by atoms with van der Waals surface area (Å²) in [5.74, 6) is 1.04. The molecule has 3 rings (SSSR count). The van der Waals surface area contributed by atoms with Crippen LogP contribution in [0.3, 0.4) is 0 Å². The highest BCUT2D eigenvalue weighted by molar-refractivity contribution is 5.80. The van der Waals surface area contributed by atoms with Crippen LogP contribution in [-0.4, -0.2) is 6.61 Å². The molecule has 0 atom stereocenters. The molecule has 1 aliphatic heterocycles. The molecule has 1 heterocycles. The fourth-order valence-electron chi connectivity index (χ4n) is 2.86. The van der Waals surface area contributed by atoms with E-state index in [-0.39, 0.29) is 5.41 Å². The summed E-state index contributed by atoms with van der Waals surface area (Å²) >= 11 is 0. The Morgan fingerprint density at radius 1 is 1.10 bits per heavy atom. The molecule has 0 bridgehead atoms. The van der Waals surface area contributed by atoms with Crippen molar-refractivity contribution >= 4 is 11.6 Å².